The van der Waals surface area contributed by atoms with Gasteiger partial charge in [-0.3, -0.25) is 4.79 Å². The summed E-state index contributed by atoms with van der Waals surface area (Å²) in [7, 11) is 0. The molecule has 0 unspecified atom stereocenters. The quantitative estimate of drug-likeness (QED) is 0.672. The van der Waals surface area contributed by atoms with E-state index in [1.54, 1.807) is 0 Å². The monoisotopic (exact) mass is 342 g/mol. The zero-order chi connectivity index (χ0) is 16.6. The molecule has 1 N–H and O–H groups in total. The van der Waals surface area contributed by atoms with Crippen LogP contribution < -0.4 is 5.32 Å². The van der Waals surface area contributed by atoms with Gasteiger partial charge in [0.05, 0.1) is 4.91 Å². The Hall–Kier alpha value is -1.85. The highest BCUT2D eigenvalue weighted by Gasteiger charge is 2.22. The summed E-state index contributed by atoms with van der Waals surface area (Å²) in [5.74, 6) is -0.114. The molecule has 118 valence electrons. The number of carbonyl (C=O) groups excluding carboxylic acids is 1. The molecule has 1 fully saturated rings. The van der Waals surface area contributed by atoms with Crippen molar-refractivity contribution >= 4 is 40.3 Å². The van der Waals surface area contributed by atoms with E-state index in [-0.39, 0.29) is 5.91 Å². The van der Waals surface area contributed by atoms with Crippen molar-refractivity contribution in [1.29, 1.82) is 0 Å². The minimum absolute atomic E-state index is 0.114. The minimum atomic E-state index is -0.114. The Balaban J connectivity index is 2.01. The Labute approximate surface area is 145 Å². The SMILES string of the molecule is CCc1ccc(-n2c(C)cc(C=C3SC(=S)NC3=O)c2C)cc1. The molecule has 0 spiro atoms. The number of nitrogens with one attached hydrogen (secondary N) is 1. The summed E-state index contributed by atoms with van der Waals surface area (Å²) >= 11 is 6.35. The third-order valence-corrected chi connectivity index (χ3v) is 5.16. The van der Waals surface area contributed by atoms with Crippen LogP contribution in [0.3, 0.4) is 0 Å². The molecule has 0 saturated carbocycles. The summed E-state index contributed by atoms with van der Waals surface area (Å²) in [6.07, 6.45) is 2.95. The van der Waals surface area contributed by atoms with E-state index in [1.165, 1.54) is 17.3 Å². The van der Waals surface area contributed by atoms with Crippen LogP contribution in [-0.2, 0) is 11.2 Å². The van der Waals surface area contributed by atoms with Crippen molar-refractivity contribution in [3.05, 3.63) is 57.8 Å². The summed E-state index contributed by atoms with van der Waals surface area (Å²) in [6, 6.07) is 10.7. The fourth-order valence-corrected chi connectivity index (χ4v) is 3.81. The van der Waals surface area contributed by atoms with Crippen LogP contribution in [0.5, 0.6) is 0 Å². The minimum Gasteiger partial charge on any atom is -0.318 e. The third kappa shape index (κ3) is 3.12. The lowest BCUT2D eigenvalue weighted by Crippen LogP contribution is -2.17. The molecule has 2 heterocycles. The van der Waals surface area contributed by atoms with E-state index < -0.39 is 0 Å². The van der Waals surface area contributed by atoms with Crippen LogP contribution in [0, 0.1) is 13.8 Å². The molecular formula is C18H18N2OS2. The first-order chi connectivity index (χ1) is 11.0. The standard InChI is InChI=1S/C18H18N2OS2/c1-4-13-5-7-15(8-6-13)20-11(2)9-14(12(20)3)10-16-17(21)19-18(22)23-16/h5-10H,4H2,1-3H3,(H,19,21,22). The average molecular weight is 342 g/mol. The van der Waals surface area contributed by atoms with Gasteiger partial charge in [0, 0.05) is 17.1 Å². The summed E-state index contributed by atoms with van der Waals surface area (Å²) in [6.45, 7) is 6.30. The number of hydrogen-bond donors (Lipinski definition) is 1. The van der Waals surface area contributed by atoms with Crippen LogP contribution in [0.2, 0.25) is 0 Å². The molecule has 0 bridgehead atoms. The topological polar surface area (TPSA) is 34.0 Å². The zero-order valence-corrected chi connectivity index (χ0v) is 15.0. The molecule has 1 aliphatic rings. The lowest BCUT2D eigenvalue weighted by molar-refractivity contribution is -0.115. The van der Waals surface area contributed by atoms with Crippen molar-refractivity contribution in [1.82, 2.24) is 9.88 Å². The van der Waals surface area contributed by atoms with Gasteiger partial charge < -0.3 is 9.88 Å². The lowest BCUT2D eigenvalue weighted by Gasteiger charge is -2.10. The molecule has 0 aliphatic carbocycles. The van der Waals surface area contributed by atoms with Crippen LogP contribution in [0.4, 0.5) is 0 Å². The number of thiocarbonyl (C=S) groups is 1. The van der Waals surface area contributed by atoms with Gasteiger partial charge in [0.1, 0.15) is 4.32 Å². The van der Waals surface area contributed by atoms with Crippen molar-refractivity contribution in [3.63, 3.8) is 0 Å². The number of nitrogens with zero attached hydrogens (tertiary/aromatic N) is 1. The van der Waals surface area contributed by atoms with Crippen LogP contribution in [-0.4, -0.2) is 14.8 Å². The first kappa shape index (κ1) is 16.0. The number of aromatic nitrogens is 1. The van der Waals surface area contributed by atoms with Crippen molar-refractivity contribution < 1.29 is 4.79 Å². The van der Waals surface area contributed by atoms with E-state index >= 15 is 0 Å². The molecular weight excluding hydrogens is 324 g/mol. The van der Waals surface area contributed by atoms with E-state index in [0.29, 0.717) is 9.23 Å². The Morgan fingerprint density at radius 3 is 2.52 bits per heavy atom. The lowest BCUT2D eigenvalue weighted by atomic mass is 10.1. The fraction of sp³-hybridized carbons (Fsp3) is 0.222. The number of amides is 1. The summed E-state index contributed by atoms with van der Waals surface area (Å²) in [5.41, 5.74) is 5.77. The van der Waals surface area contributed by atoms with Crippen LogP contribution >= 0.6 is 24.0 Å². The maximum Gasteiger partial charge on any atom is 0.263 e. The molecule has 0 radical (unpaired) electrons. The Morgan fingerprint density at radius 1 is 1.26 bits per heavy atom. The highest BCUT2D eigenvalue weighted by Crippen LogP contribution is 2.29. The first-order valence-corrected chi connectivity index (χ1v) is 8.75. The highest BCUT2D eigenvalue weighted by molar-refractivity contribution is 8.26. The number of hydrogen-bond acceptors (Lipinski definition) is 3. The second-order valence-corrected chi connectivity index (χ2v) is 7.25. The van der Waals surface area contributed by atoms with Gasteiger partial charge in [-0.05, 0) is 55.7 Å². The molecule has 3 nitrogen and oxygen atoms in total. The zero-order valence-electron chi connectivity index (χ0n) is 13.3. The van der Waals surface area contributed by atoms with E-state index in [4.69, 9.17) is 12.2 Å². The second-order valence-electron chi connectivity index (χ2n) is 5.53. The van der Waals surface area contributed by atoms with Gasteiger partial charge >= 0.3 is 0 Å². The molecule has 1 aromatic carbocycles. The number of thioether (sulfide) groups is 1. The molecule has 3 rings (SSSR count). The van der Waals surface area contributed by atoms with Crippen molar-refractivity contribution in [2.75, 3.05) is 0 Å². The van der Waals surface area contributed by atoms with Gasteiger partial charge in [0.25, 0.3) is 5.91 Å². The van der Waals surface area contributed by atoms with E-state index in [0.717, 1.165) is 29.1 Å². The van der Waals surface area contributed by atoms with Crippen molar-refractivity contribution in [2.45, 2.75) is 27.2 Å². The van der Waals surface area contributed by atoms with E-state index in [9.17, 15) is 4.79 Å². The van der Waals surface area contributed by atoms with Gasteiger partial charge in [-0.2, -0.15) is 0 Å². The van der Waals surface area contributed by atoms with Gasteiger partial charge in [0.15, 0.2) is 0 Å². The predicted molar refractivity (Wildman–Crippen MR) is 101 cm³/mol. The van der Waals surface area contributed by atoms with Crippen LogP contribution in [0.25, 0.3) is 11.8 Å². The largest absolute Gasteiger partial charge is 0.318 e. The molecule has 1 saturated heterocycles. The normalized spacial score (nSPS) is 16.2. The highest BCUT2D eigenvalue weighted by atomic mass is 32.2. The Kier molecular flexibility index (Phi) is 4.41. The average Bonchev–Trinajstić information content (AvgIpc) is 2.99. The second kappa shape index (κ2) is 6.34. The van der Waals surface area contributed by atoms with Gasteiger partial charge in [-0.15, -0.1) is 0 Å². The number of benzene rings is 1. The smallest absolute Gasteiger partial charge is 0.263 e. The van der Waals surface area contributed by atoms with Crippen molar-refractivity contribution in [2.24, 2.45) is 0 Å². The first-order valence-electron chi connectivity index (χ1n) is 7.52. The summed E-state index contributed by atoms with van der Waals surface area (Å²) in [4.78, 5) is 12.5. The molecule has 5 heteroatoms. The van der Waals surface area contributed by atoms with Gasteiger partial charge in [-0.1, -0.05) is 43.0 Å². The van der Waals surface area contributed by atoms with E-state index in [2.05, 4.69) is 61.0 Å². The molecule has 1 aromatic heterocycles. The number of aryl methyl sites for hydroxylation is 2. The van der Waals surface area contributed by atoms with Crippen LogP contribution in [0.1, 0.15) is 29.4 Å². The Bertz CT molecular complexity index is 816. The number of rotatable bonds is 3. The fourth-order valence-electron chi connectivity index (χ4n) is 2.77. The van der Waals surface area contributed by atoms with Crippen LogP contribution in [0.15, 0.2) is 35.2 Å². The maximum absolute atomic E-state index is 11.8. The summed E-state index contributed by atoms with van der Waals surface area (Å²) in [5, 5.41) is 2.65. The van der Waals surface area contributed by atoms with E-state index in [1.807, 2.05) is 6.08 Å². The van der Waals surface area contributed by atoms with Gasteiger partial charge in [-0.25, -0.2) is 0 Å². The molecule has 2 aromatic rings. The third-order valence-electron chi connectivity index (χ3n) is 4.00. The molecule has 1 aliphatic heterocycles. The molecule has 0 atom stereocenters. The molecule has 23 heavy (non-hydrogen) atoms. The molecule has 1 amide bonds. The van der Waals surface area contributed by atoms with Gasteiger partial charge in [0.2, 0.25) is 0 Å². The summed E-state index contributed by atoms with van der Waals surface area (Å²) < 4.78 is 2.73. The number of carbonyl (C=O) groups is 1. The maximum atomic E-state index is 11.8. The Morgan fingerprint density at radius 2 is 1.96 bits per heavy atom. The van der Waals surface area contributed by atoms with Crippen molar-refractivity contribution in [3.8, 4) is 5.69 Å². The predicted octanol–water partition coefficient (Wildman–Crippen LogP) is 4.15.